The molecule has 5 rings (SSSR count). The SMILES string of the molecule is Fc1cc(Nc2nc(-c3cncs3)nc3ncccc23)cc2cc[nH]c12. The largest absolute Gasteiger partial charge is 0.359 e. The number of benzene rings is 1. The van der Waals surface area contributed by atoms with E-state index >= 15 is 0 Å². The Morgan fingerprint density at radius 2 is 2.12 bits per heavy atom. The molecule has 0 aliphatic carbocycles. The summed E-state index contributed by atoms with van der Waals surface area (Å²) in [5.74, 6) is 0.777. The molecular weight excluding hydrogens is 351 g/mol. The Hall–Kier alpha value is -3.39. The van der Waals surface area contributed by atoms with Crippen LogP contribution in [0.1, 0.15) is 0 Å². The van der Waals surface area contributed by atoms with Crippen LogP contribution in [0.2, 0.25) is 0 Å². The maximum absolute atomic E-state index is 14.3. The van der Waals surface area contributed by atoms with Gasteiger partial charge in [-0.2, -0.15) is 0 Å². The number of hydrogen-bond acceptors (Lipinski definition) is 6. The van der Waals surface area contributed by atoms with Gasteiger partial charge in [0.2, 0.25) is 0 Å². The van der Waals surface area contributed by atoms with E-state index in [0.717, 1.165) is 15.6 Å². The second kappa shape index (κ2) is 5.85. The monoisotopic (exact) mass is 362 g/mol. The van der Waals surface area contributed by atoms with E-state index in [0.29, 0.717) is 28.5 Å². The summed E-state index contributed by atoms with van der Waals surface area (Å²) in [6.45, 7) is 0. The minimum Gasteiger partial charge on any atom is -0.359 e. The summed E-state index contributed by atoms with van der Waals surface area (Å²) in [4.78, 5) is 21.3. The smallest absolute Gasteiger partial charge is 0.175 e. The molecule has 6 nitrogen and oxygen atoms in total. The zero-order valence-electron chi connectivity index (χ0n) is 13.3. The van der Waals surface area contributed by atoms with Crippen molar-refractivity contribution in [3.8, 4) is 10.7 Å². The Kier molecular flexibility index (Phi) is 3.36. The van der Waals surface area contributed by atoms with Gasteiger partial charge in [-0.1, -0.05) is 0 Å². The Morgan fingerprint density at radius 3 is 3.00 bits per heavy atom. The molecule has 0 fully saturated rings. The van der Waals surface area contributed by atoms with E-state index in [1.54, 1.807) is 24.1 Å². The topological polar surface area (TPSA) is 79.4 Å². The number of halogens is 1. The first-order chi connectivity index (χ1) is 12.8. The van der Waals surface area contributed by atoms with Crippen molar-refractivity contribution in [2.45, 2.75) is 0 Å². The van der Waals surface area contributed by atoms with E-state index in [4.69, 9.17) is 0 Å². The lowest BCUT2D eigenvalue weighted by Gasteiger charge is -2.10. The molecule has 126 valence electrons. The average molecular weight is 362 g/mol. The molecule has 0 aliphatic heterocycles. The zero-order chi connectivity index (χ0) is 17.5. The number of thiazole rings is 1. The summed E-state index contributed by atoms with van der Waals surface area (Å²) in [5, 5.41) is 4.75. The Labute approximate surface area is 150 Å². The highest BCUT2D eigenvalue weighted by atomic mass is 32.1. The number of aromatic amines is 1. The maximum atomic E-state index is 14.3. The van der Waals surface area contributed by atoms with E-state index in [1.165, 1.54) is 17.4 Å². The van der Waals surface area contributed by atoms with Gasteiger partial charge in [0.05, 0.1) is 21.3 Å². The van der Waals surface area contributed by atoms with E-state index in [-0.39, 0.29) is 5.82 Å². The molecule has 0 amide bonds. The second-order valence-corrected chi connectivity index (χ2v) is 6.55. The summed E-state index contributed by atoms with van der Waals surface area (Å²) < 4.78 is 14.3. The third kappa shape index (κ3) is 2.47. The van der Waals surface area contributed by atoms with Crippen LogP contribution >= 0.6 is 11.3 Å². The molecule has 4 aromatic heterocycles. The van der Waals surface area contributed by atoms with Gasteiger partial charge in [0, 0.05) is 29.7 Å². The predicted molar refractivity (Wildman–Crippen MR) is 100.0 cm³/mol. The lowest BCUT2D eigenvalue weighted by Crippen LogP contribution is -2.00. The van der Waals surface area contributed by atoms with Gasteiger partial charge in [0.1, 0.15) is 11.6 Å². The molecule has 5 aromatic rings. The third-order valence-electron chi connectivity index (χ3n) is 4.00. The standard InChI is InChI=1S/C18H11FN6S/c19-13-7-11(6-10-3-5-21-15(10)13)23-17-12-2-1-4-22-16(12)24-18(25-17)14-8-20-9-26-14/h1-9,21H,(H,22,23,24,25). The number of rotatable bonds is 3. The van der Waals surface area contributed by atoms with E-state index in [1.807, 2.05) is 24.3 Å². The number of hydrogen-bond donors (Lipinski definition) is 2. The number of H-pyrrole nitrogens is 1. The predicted octanol–water partition coefficient (Wildman–Crippen LogP) is 4.51. The molecule has 0 unspecified atom stereocenters. The van der Waals surface area contributed by atoms with Crippen molar-refractivity contribution >= 4 is 44.8 Å². The van der Waals surface area contributed by atoms with Crippen LogP contribution in [-0.2, 0) is 0 Å². The van der Waals surface area contributed by atoms with Crippen LogP contribution in [-0.4, -0.2) is 24.9 Å². The number of aromatic nitrogens is 5. The third-order valence-corrected chi connectivity index (χ3v) is 4.77. The normalized spacial score (nSPS) is 11.3. The van der Waals surface area contributed by atoms with E-state index in [9.17, 15) is 4.39 Å². The highest BCUT2D eigenvalue weighted by Gasteiger charge is 2.13. The number of fused-ring (bicyclic) bond motifs is 2. The highest BCUT2D eigenvalue weighted by molar-refractivity contribution is 7.13. The summed E-state index contributed by atoms with van der Waals surface area (Å²) in [6, 6.07) is 8.83. The molecule has 0 bridgehead atoms. The van der Waals surface area contributed by atoms with Gasteiger partial charge in [-0.05, 0) is 30.3 Å². The molecule has 0 atom stereocenters. The lowest BCUT2D eigenvalue weighted by molar-refractivity contribution is 0.638. The summed E-state index contributed by atoms with van der Waals surface area (Å²) in [6.07, 6.45) is 5.11. The maximum Gasteiger partial charge on any atom is 0.175 e. The fourth-order valence-corrected chi connectivity index (χ4v) is 3.38. The minimum atomic E-state index is -0.325. The van der Waals surface area contributed by atoms with Gasteiger partial charge >= 0.3 is 0 Å². The molecule has 4 heterocycles. The van der Waals surface area contributed by atoms with Gasteiger partial charge < -0.3 is 10.3 Å². The van der Waals surface area contributed by atoms with Crippen molar-refractivity contribution in [1.29, 1.82) is 0 Å². The van der Waals surface area contributed by atoms with Crippen LogP contribution in [0.4, 0.5) is 15.9 Å². The Bertz CT molecular complexity index is 1230. The molecule has 2 N–H and O–H groups in total. The van der Waals surface area contributed by atoms with Gasteiger partial charge in [0.25, 0.3) is 0 Å². The van der Waals surface area contributed by atoms with Gasteiger partial charge in [-0.25, -0.2) is 19.3 Å². The first-order valence-corrected chi connectivity index (χ1v) is 8.71. The van der Waals surface area contributed by atoms with Crippen LogP contribution in [0, 0.1) is 5.82 Å². The van der Waals surface area contributed by atoms with Crippen molar-refractivity contribution < 1.29 is 4.39 Å². The number of nitrogens with zero attached hydrogens (tertiary/aromatic N) is 4. The molecular formula is C18H11FN6S. The van der Waals surface area contributed by atoms with Crippen LogP contribution in [0.15, 0.2) is 54.4 Å². The van der Waals surface area contributed by atoms with Gasteiger partial charge in [-0.15, -0.1) is 11.3 Å². The zero-order valence-corrected chi connectivity index (χ0v) is 14.1. The Morgan fingerprint density at radius 1 is 1.15 bits per heavy atom. The highest BCUT2D eigenvalue weighted by Crippen LogP contribution is 2.29. The van der Waals surface area contributed by atoms with Crippen LogP contribution in [0.5, 0.6) is 0 Å². The van der Waals surface area contributed by atoms with Crippen molar-refractivity contribution in [1.82, 2.24) is 24.9 Å². The summed E-state index contributed by atoms with van der Waals surface area (Å²) in [5.41, 5.74) is 3.38. The molecule has 1 aromatic carbocycles. The first kappa shape index (κ1) is 14.9. The molecule has 0 aliphatic rings. The molecule has 0 saturated carbocycles. The summed E-state index contributed by atoms with van der Waals surface area (Å²) >= 11 is 1.45. The Balaban J connectivity index is 1.67. The van der Waals surface area contributed by atoms with Crippen LogP contribution in [0.3, 0.4) is 0 Å². The average Bonchev–Trinajstić information content (AvgIpc) is 3.33. The fraction of sp³-hybridized carbons (Fsp3) is 0. The van der Waals surface area contributed by atoms with E-state index < -0.39 is 0 Å². The van der Waals surface area contributed by atoms with Crippen molar-refractivity contribution in [3.63, 3.8) is 0 Å². The lowest BCUT2D eigenvalue weighted by atomic mass is 10.2. The van der Waals surface area contributed by atoms with Crippen LogP contribution in [0.25, 0.3) is 32.6 Å². The van der Waals surface area contributed by atoms with Crippen LogP contribution < -0.4 is 5.32 Å². The number of nitrogens with one attached hydrogen (secondary N) is 2. The molecule has 0 spiro atoms. The fourth-order valence-electron chi connectivity index (χ4n) is 2.83. The minimum absolute atomic E-state index is 0.325. The quantitative estimate of drug-likeness (QED) is 0.493. The number of anilines is 2. The molecule has 0 saturated heterocycles. The number of pyridine rings is 1. The first-order valence-electron chi connectivity index (χ1n) is 7.83. The molecule has 8 heteroatoms. The second-order valence-electron chi connectivity index (χ2n) is 5.66. The van der Waals surface area contributed by atoms with Crippen molar-refractivity contribution in [3.05, 3.63) is 60.3 Å². The molecule has 26 heavy (non-hydrogen) atoms. The van der Waals surface area contributed by atoms with Gasteiger partial charge in [-0.3, -0.25) is 4.98 Å². The van der Waals surface area contributed by atoms with Crippen molar-refractivity contribution in [2.75, 3.05) is 5.32 Å². The van der Waals surface area contributed by atoms with Crippen molar-refractivity contribution in [2.24, 2.45) is 0 Å². The van der Waals surface area contributed by atoms with Gasteiger partial charge in [0.15, 0.2) is 11.5 Å². The van der Waals surface area contributed by atoms with E-state index in [2.05, 4.69) is 30.2 Å². The summed E-state index contributed by atoms with van der Waals surface area (Å²) in [7, 11) is 0. The molecule has 0 radical (unpaired) electrons.